The molecular weight excluding hydrogens is 230 g/mol. The van der Waals surface area contributed by atoms with Crippen molar-refractivity contribution in [3.63, 3.8) is 0 Å². The standard InChI is InChI=1S/C14H21NO3/c1-14(2)8-11-10(12(16)9-14)4-6-15(11)7-5-13(17)18-3/h4,6,12,16H,5,7-9H2,1-3H3. The first-order valence-corrected chi connectivity index (χ1v) is 6.36. The SMILES string of the molecule is COC(=O)CCn1ccc2c1CC(C)(C)CC2O. The van der Waals surface area contributed by atoms with E-state index in [1.807, 2.05) is 12.3 Å². The van der Waals surface area contributed by atoms with Gasteiger partial charge in [0, 0.05) is 24.0 Å². The van der Waals surface area contributed by atoms with E-state index in [0.29, 0.717) is 13.0 Å². The predicted molar refractivity (Wildman–Crippen MR) is 68.1 cm³/mol. The summed E-state index contributed by atoms with van der Waals surface area (Å²) in [4.78, 5) is 11.2. The Kier molecular flexibility index (Phi) is 3.48. The smallest absolute Gasteiger partial charge is 0.307 e. The zero-order valence-electron chi connectivity index (χ0n) is 11.3. The van der Waals surface area contributed by atoms with Crippen LogP contribution in [0.4, 0.5) is 0 Å². The van der Waals surface area contributed by atoms with E-state index in [0.717, 1.165) is 24.1 Å². The molecular formula is C14H21NO3. The van der Waals surface area contributed by atoms with Crippen LogP contribution < -0.4 is 0 Å². The van der Waals surface area contributed by atoms with Crippen molar-refractivity contribution in [2.45, 2.75) is 45.8 Å². The molecule has 1 N–H and O–H groups in total. The van der Waals surface area contributed by atoms with Crippen LogP contribution in [-0.2, 0) is 22.5 Å². The molecule has 0 saturated heterocycles. The third-order valence-corrected chi connectivity index (χ3v) is 3.65. The number of aliphatic hydroxyl groups is 1. The average Bonchev–Trinajstić information content (AvgIpc) is 2.67. The molecule has 1 aromatic heterocycles. The first-order chi connectivity index (χ1) is 8.43. The Morgan fingerprint density at radius 3 is 3.00 bits per heavy atom. The fourth-order valence-electron chi connectivity index (χ4n) is 2.71. The molecule has 0 bridgehead atoms. The molecule has 0 fully saturated rings. The van der Waals surface area contributed by atoms with Gasteiger partial charge in [-0.15, -0.1) is 0 Å². The van der Waals surface area contributed by atoms with E-state index in [-0.39, 0.29) is 17.5 Å². The van der Waals surface area contributed by atoms with E-state index in [1.54, 1.807) is 0 Å². The van der Waals surface area contributed by atoms with Crippen LogP contribution in [-0.4, -0.2) is 22.8 Å². The Bertz CT molecular complexity index is 448. The van der Waals surface area contributed by atoms with Crippen LogP contribution in [0.15, 0.2) is 12.3 Å². The van der Waals surface area contributed by atoms with Gasteiger partial charge in [-0.25, -0.2) is 0 Å². The average molecular weight is 251 g/mol. The molecule has 1 aliphatic carbocycles. The molecule has 4 nitrogen and oxygen atoms in total. The van der Waals surface area contributed by atoms with E-state index in [2.05, 4.69) is 23.2 Å². The first-order valence-electron chi connectivity index (χ1n) is 6.36. The number of fused-ring (bicyclic) bond motifs is 1. The van der Waals surface area contributed by atoms with Gasteiger partial charge in [-0.05, 0) is 24.3 Å². The zero-order chi connectivity index (χ0) is 13.3. The highest BCUT2D eigenvalue weighted by atomic mass is 16.5. The Hall–Kier alpha value is -1.29. The minimum absolute atomic E-state index is 0.105. The highest BCUT2D eigenvalue weighted by molar-refractivity contribution is 5.69. The summed E-state index contributed by atoms with van der Waals surface area (Å²) in [7, 11) is 1.40. The van der Waals surface area contributed by atoms with Crippen LogP contribution in [0.3, 0.4) is 0 Å². The van der Waals surface area contributed by atoms with Gasteiger partial charge >= 0.3 is 5.97 Å². The van der Waals surface area contributed by atoms with Crippen molar-refractivity contribution >= 4 is 5.97 Å². The quantitative estimate of drug-likeness (QED) is 0.837. The lowest BCUT2D eigenvalue weighted by Crippen LogP contribution is -2.27. The molecule has 18 heavy (non-hydrogen) atoms. The van der Waals surface area contributed by atoms with Crippen LogP contribution in [0.25, 0.3) is 0 Å². The third kappa shape index (κ3) is 2.58. The van der Waals surface area contributed by atoms with Crippen molar-refractivity contribution in [2.24, 2.45) is 5.41 Å². The summed E-state index contributed by atoms with van der Waals surface area (Å²) in [5, 5.41) is 10.1. The molecule has 0 aromatic carbocycles. The van der Waals surface area contributed by atoms with E-state index in [4.69, 9.17) is 0 Å². The molecule has 1 unspecified atom stereocenters. The lowest BCUT2D eigenvalue weighted by Gasteiger charge is -2.33. The molecule has 4 heteroatoms. The number of methoxy groups -OCH3 is 1. The zero-order valence-corrected chi connectivity index (χ0v) is 11.3. The Balaban J connectivity index is 2.17. The number of hydrogen-bond donors (Lipinski definition) is 1. The highest BCUT2D eigenvalue weighted by Gasteiger charge is 2.33. The molecule has 0 radical (unpaired) electrons. The largest absolute Gasteiger partial charge is 0.469 e. The number of hydrogen-bond acceptors (Lipinski definition) is 3. The second kappa shape index (κ2) is 4.76. The van der Waals surface area contributed by atoms with Crippen molar-refractivity contribution in [1.82, 2.24) is 4.57 Å². The molecule has 1 atom stereocenters. The molecule has 100 valence electrons. The number of carbonyl (C=O) groups excluding carboxylic acids is 1. The van der Waals surface area contributed by atoms with E-state index >= 15 is 0 Å². The minimum atomic E-state index is -0.386. The summed E-state index contributed by atoms with van der Waals surface area (Å²) in [5.41, 5.74) is 2.27. The number of rotatable bonds is 3. The van der Waals surface area contributed by atoms with Gasteiger partial charge in [-0.1, -0.05) is 13.8 Å². The molecule has 0 amide bonds. The molecule has 0 aliphatic heterocycles. The van der Waals surface area contributed by atoms with Crippen molar-refractivity contribution in [3.05, 3.63) is 23.5 Å². The maximum atomic E-state index is 11.2. The summed E-state index contributed by atoms with van der Waals surface area (Å²) in [6.07, 6.45) is 3.67. The van der Waals surface area contributed by atoms with Crippen LogP contribution in [0, 0.1) is 5.41 Å². The lowest BCUT2D eigenvalue weighted by atomic mass is 9.75. The van der Waals surface area contributed by atoms with Gasteiger partial charge in [-0.3, -0.25) is 4.79 Å². The monoisotopic (exact) mass is 251 g/mol. The van der Waals surface area contributed by atoms with Gasteiger partial charge in [0.1, 0.15) is 0 Å². The maximum Gasteiger partial charge on any atom is 0.307 e. The normalized spacial score (nSPS) is 21.4. The Morgan fingerprint density at radius 2 is 2.33 bits per heavy atom. The second-order valence-electron chi connectivity index (χ2n) is 5.80. The Labute approximate surface area is 108 Å². The molecule has 1 heterocycles. The van der Waals surface area contributed by atoms with Crippen LogP contribution in [0.1, 0.15) is 44.1 Å². The van der Waals surface area contributed by atoms with Gasteiger partial charge in [0.25, 0.3) is 0 Å². The summed E-state index contributed by atoms with van der Waals surface area (Å²) in [5.74, 6) is -0.201. The molecule has 1 aliphatic rings. The van der Waals surface area contributed by atoms with Crippen LogP contribution in [0.2, 0.25) is 0 Å². The van der Waals surface area contributed by atoms with Crippen molar-refractivity contribution in [2.75, 3.05) is 7.11 Å². The van der Waals surface area contributed by atoms with Gasteiger partial charge in [0.05, 0.1) is 19.6 Å². The number of ether oxygens (including phenoxy) is 1. The van der Waals surface area contributed by atoms with Gasteiger partial charge < -0.3 is 14.4 Å². The fourth-order valence-corrected chi connectivity index (χ4v) is 2.71. The van der Waals surface area contributed by atoms with Crippen LogP contribution in [0.5, 0.6) is 0 Å². The maximum absolute atomic E-state index is 11.2. The molecule has 0 saturated carbocycles. The number of nitrogens with zero attached hydrogens (tertiary/aromatic N) is 1. The molecule has 2 rings (SSSR count). The van der Waals surface area contributed by atoms with Crippen molar-refractivity contribution in [3.8, 4) is 0 Å². The van der Waals surface area contributed by atoms with Crippen molar-refractivity contribution in [1.29, 1.82) is 0 Å². The number of aryl methyl sites for hydroxylation is 1. The first kappa shape index (κ1) is 13.1. The van der Waals surface area contributed by atoms with Gasteiger partial charge in [-0.2, -0.15) is 0 Å². The summed E-state index contributed by atoms with van der Waals surface area (Å²) in [6.45, 7) is 4.94. The van der Waals surface area contributed by atoms with E-state index < -0.39 is 0 Å². The van der Waals surface area contributed by atoms with Crippen LogP contribution >= 0.6 is 0 Å². The predicted octanol–water partition coefficient (Wildman–Crippen LogP) is 2.06. The number of carbonyl (C=O) groups is 1. The lowest BCUT2D eigenvalue weighted by molar-refractivity contribution is -0.140. The summed E-state index contributed by atoms with van der Waals surface area (Å²) in [6, 6.07) is 1.96. The van der Waals surface area contributed by atoms with Gasteiger partial charge in [0.2, 0.25) is 0 Å². The summed E-state index contributed by atoms with van der Waals surface area (Å²) < 4.78 is 6.72. The molecule has 1 aromatic rings. The van der Waals surface area contributed by atoms with E-state index in [1.165, 1.54) is 7.11 Å². The highest BCUT2D eigenvalue weighted by Crippen LogP contribution is 2.41. The topological polar surface area (TPSA) is 51.5 Å². The van der Waals surface area contributed by atoms with Gasteiger partial charge in [0.15, 0.2) is 0 Å². The second-order valence-corrected chi connectivity index (χ2v) is 5.80. The number of esters is 1. The van der Waals surface area contributed by atoms with Crippen molar-refractivity contribution < 1.29 is 14.6 Å². The Morgan fingerprint density at radius 1 is 1.61 bits per heavy atom. The molecule has 0 spiro atoms. The fraction of sp³-hybridized carbons (Fsp3) is 0.643. The number of aromatic nitrogens is 1. The number of aliphatic hydroxyl groups excluding tert-OH is 1. The summed E-state index contributed by atoms with van der Waals surface area (Å²) >= 11 is 0. The third-order valence-electron chi connectivity index (χ3n) is 3.65. The van der Waals surface area contributed by atoms with E-state index in [9.17, 15) is 9.90 Å². The minimum Gasteiger partial charge on any atom is -0.469 e.